The van der Waals surface area contributed by atoms with Crippen LogP contribution in [0.2, 0.25) is 0 Å². The number of nitrogens with one attached hydrogen (secondary N) is 1. The van der Waals surface area contributed by atoms with Crippen LogP contribution in [-0.2, 0) is 4.79 Å². The highest BCUT2D eigenvalue weighted by Crippen LogP contribution is 2.03. The highest BCUT2D eigenvalue weighted by Gasteiger charge is 2.29. The van der Waals surface area contributed by atoms with Gasteiger partial charge in [0, 0.05) is 0 Å². The second-order valence-electron chi connectivity index (χ2n) is 2.68. The van der Waals surface area contributed by atoms with E-state index in [4.69, 9.17) is 15.3 Å². The van der Waals surface area contributed by atoms with E-state index in [2.05, 4.69) is 5.32 Å². The van der Waals surface area contributed by atoms with Crippen LogP contribution in [0.5, 0.6) is 0 Å². The first kappa shape index (κ1) is 12.5. The molecule has 0 fully saturated rings. The summed E-state index contributed by atoms with van der Waals surface area (Å²) in [4.78, 5) is 10.3. The summed E-state index contributed by atoms with van der Waals surface area (Å²) in [5.41, 5.74) is 0. The molecule has 0 aliphatic carbocycles. The van der Waals surface area contributed by atoms with Crippen LogP contribution in [0.4, 0.5) is 0 Å². The number of carbonyl (C=O) groups is 1. The standard InChI is InChI=1S/C7H15NO5/c1-8-4(2-9)6(12)7(13)5(11)3-10/h2,4-8,10-13H,3H2,1H3/t4-,5-,6+,7-/m1/s1. The molecular formula is C7H15NO5. The van der Waals surface area contributed by atoms with E-state index in [9.17, 15) is 9.90 Å². The highest BCUT2D eigenvalue weighted by molar-refractivity contribution is 5.58. The van der Waals surface area contributed by atoms with Crippen molar-refractivity contribution in [3.05, 3.63) is 0 Å². The van der Waals surface area contributed by atoms with E-state index in [1.165, 1.54) is 7.05 Å². The number of likely N-dealkylation sites (N-methyl/N-ethyl adjacent to an activating group) is 1. The molecule has 0 aliphatic heterocycles. The molecule has 0 aliphatic rings. The van der Waals surface area contributed by atoms with Crippen molar-refractivity contribution in [1.82, 2.24) is 5.32 Å². The van der Waals surface area contributed by atoms with Gasteiger partial charge in [-0.25, -0.2) is 0 Å². The Labute approximate surface area is 75.8 Å². The van der Waals surface area contributed by atoms with Gasteiger partial charge in [-0.3, -0.25) is 0 Å². The summed E-state index contributed by atoms with van der Waals surface area (Å²) in [5, 5.41) is 38.2. The SMILES string of the molecule is CN[C@H](C=O)[C@H](O)[C@H](O)[C@H](O)CO. The first-order valence-electron chi connectivity index (χ1n) is 3.86. The van der Waals surface area contributed by atoms with Gasteiger partial charge in [-0.05, 0) is 7.05 Å². The molecule has 78 valence electrons. The lowest BCUT2D eigenvalue weighted by Gasteiger charge is -2.25. The number of hydrogen-bond donors (Lipinski definition) is 5. The molecule has 0 amide bonds. The first-order valence-corrected chi connectivity index (χ1v) is 3.86. The van der Waals surface area contributed by atoms with Gasteiger partial charge in [0.05, 0.1) is 12.6 Å². The van der Waals surface area contributed by atoms with Gasteiger partial charge in [0.15, 0.2) is 0 Å². The van der Waals surface area contributed by atoms with E-state index in [0.29, 0.717) is 6.29 Å². The molecule has 6 heteroatoms. The van der Waals surface area contributed by atoms with Gasteiger partial charge < -0.3 is 30.5 Å². The van der Waals surface area contributed by atoms with E-state index >= 15 is 0 Å². The molecule has 0 bridgehead atoms. The lowest BCUT2D eigenvalue weighted by molar-refractivity contribution is -0.119. The molecule has 0 unspecified atom stereocenters. The largest absolute Gasteiger partial charge is 0.394 e. The number of aliphatic hydroxyl groups excluding tert-OH is 4. The van der Waals surface area contributed by atoms with Gasteiger partial charge in [0.2, 0.25) is 0 Å². The maximum absolute atomic E-state index is 10.3. The molecular weight excluding hydrogens is 178 g/mol. The van der Waals surface area contributed by atoms with Gasteiger partial charge in [-0.1, -0.05) is 0 Å². The molecule has 0 aromatic carbocycles. The van der Waals surface area contributed by atoms with E-state index in [-0.39, 0.29) is 0 Å². The van der Waals surface area contributed by atoms with Crippen LogP contribution in [0.3, 0.4) is 0 Å². The van der Waals surface area contributed by atoms with Crippen molar-refractivity contribution < 1.29 is 25.2 Å². The molecule has 0 rings (SSSR count). The molecule has 0 saturated carbocycles. The van der Waals surface area contributed by atoms with E-state index in [1.54, 1.807) is 0 Å². The Morgan fingerprint density at radius 2 is 1.85 bits per heavy atom. The van der Waals surface area contributed by atoms with Crippen LogP contribution in [0.1, 0.15) is 0 Å². The Bertz CT molecular complexity index is 154. The summed E-state index contributed by atoms with van der Waals surface area (Å²) in [6.07, 6.45) is -4.03. The monoisotopic (exact) mass is 193 g/mol. The fraction of sp³-hybridized carbons (Fsp3) is 0.857. The Kier molecular flexibility index (Phi) is 5.76. The molecule has 0 aromatic heterocycles. The lowest BCUT2D eigenvalue weighted by atomic mass is 10.0. The smallest absolute Gasteiger partial charge is 0.139 e. The lowest BCUT2D eigenvalue weighted by Crippen LogP contribution is -2.51. The van der Waals surface area contributed by atoms with Crippen molar-refractivity contribution in [2.75, 3.05) is 13.7 Å². The minimum atomic E-state index is -1.55. The molecule has 0 spiro atoms. The van der Waals surface area contributed by atoms with Crippen LogP contribution in [0, 0.1) is 0 Å². The van der Waals surface area contributed by atoms with Gasteiger partial charge in [-0.15, -0.1) is 0 Å². The Morgan fingerprint density at radius 1 is 1.31 bits per heavy atom. The molecule has 4 atom stereocenters. The quantitative estimate of drug-likeness (QED) is 0.285. The fourth-order valence-electron chi connectivity index (χ4n) is 0.867. The van der Waals surface area contributed by atoms with Crippen molar-refractivity contribution in [3.8, 4) is 0 Å². The Hall–Kier alpha value is -0.530. The minimum Gasteiger partial charge on any atom is -0.394 e. The average molecular weight is 193 g/mol. The molecule has 0 aromatic rings. The number of hydrogen-bond acceptors (Lipinski definition) is 6. The van der Waals surface area contributed by atoms with Crippen LogP contribution in [-0.4, -0.2) is 64.7 Å². The van der Waals surface area contributed by atoms with Crippen LogP contribution < -0.4 is 5.32 Å². The summed E-state index contributed by atoms with van der Waals surface area (Å²) in [6.45, 7) is -0.673. The third kappa shape index (κ3) is 3.37. The second kappa shape index (κ2) is 6.01. The van der Waals surface area contributed by atoms with Crippen molar-refractivity contribution >= 4 is 6.29 Å². The van der Waals surface area contributed by atoms with Gasteiger partial charge in [0.25, 0.3) is 0 Å². The molecule has 0 saturated heterocycles. The summed E-state index contributed by atoms with van der Waals surface area (Å²) in [7, 11) is 1.43. The fourth-order valence-corrected chi connectivity index (χ4v) is 0.867. The predicted octanol–water partition coefficient (Wildman–Crippen LogP) is -3.15. The van der Waals surface area contributed by atoms with Crippen molar-refractivity contribution in [3.63, 3.8) is 0 Å². The summed E-state index contributed by atoms with van der Waals surface area (Å²) in [6, 6.07) is -0.962. The van der Waals surface area contributed by atoms with Crippen LogP contribution in [0.25, 0.3) is 0 Å². The zero-order valence-electron chi connectivity index (χ0n) is 7.29. The number of aldehydes is 1. The van der Waals surface area contributed by atoms with E-state index in [0.717, 1.165) is 0 Å². The maximum Gasteiger partial charge on any atom is 0.139 e. The molecule has 0 heterocycles. The van der Waals surface area contributed by atoms with E-state index < -0.39 is 31.0 Å². The topological polar surface area (TPSA) is 110 Å². The summed E-state index contributed by atoms with van der Waals surface area (Å²) < 4.78 is 0. The molecule has 13 heavy (non-hydrogen) atoms. The number of aliphatic hydroxyl groups is 4. The summed E-state index contributed by atoms with van der Waals surface area (Å²) in [5.74, 6) is 0. The highest BCUT2D eigenvalue weighted by atomic mass is 16.4. The normalized spacial score (nSPS) is 20.4. The van der Waals surface area contributed by atoms with Gasteiger partial charge in [-0.2, -0.15) is 0 Å². The van der Waals surface area contributed by atoms with Crippen LogP contribution >= 0.6 is 0 Å². The molecule has 5 N–H and O–H groups in total. The molecule has 0 radical (unpaired) electrons. The Balaban J connectivity index is 4.21. The molecule has 6 nitrogen and oxygen atoms in total. The zero-order valence-corrected chi connectivity index (χ0v) is 7.29. The van der Waals surface area contributed by atoms with E-state index in [1.807, 2.05) is 0 Å². The number of carbonyl (C=O) groups excluding carboxylic acids is 1. The average Bonchev–Trinajstić information content (AvgIpc) is 2.17. The maximum atomic E-state index is 10.3. The predicted molar refractivity (Wildman–Crippen MR) is 44.0 cm³/mol. The third-order valence-corrected chi connectivity index (χ3v) is 1.78. The third-order valence-electron chi connectivity index (χ3n) is 1.78. The van der Waals surface area contributed by atoms with Gasteiger partial charge in [0.1, 0.15) is 24.6 Å². The minimum absolute atomic E-state index is 0.415. The Morgan fingerprint density at radius 3 is 2.15 bits per heavy atom. The second-order valence-corrected chi connectivity index (χ2v) is 2.68. The van der Waals surface area contributed by atoms with Crippen LogP contribution in [0.15, 0.2) is 0 Å². The first-order chi connectivity index (χ1) is 6.08. The number of rotatable bonds is 6. The van der Waals surface area contributed by atoms with Crippen molar-refractivity contribution in [2.24, 2.45) is 0 Å². The van der Waals surface area contributed by atoms with Crippen molar-refractivity contribution in [2.45, 2.75) is 24.4 Å². The van der Waals surface area contributed by atoms with Gasteiger partial charge >= 0.3 is 0 Å². The van der Waals surface area contributed by atoms with Crippen molar-refractivity contribution in [1.29, 1.82) is 0 Å². The zero-order chi connectivity index (χ0) is 10.4. The summed E-state index contributed by atoms with van der Waals surface area (Å²) >= 11 is 0.